The van der Waals surface area contributed by atoms with Crippen LogP contribution in [0.25, 0.3) is 82.8 Å². The molecule has 0 saturated heterocycles. The molecular weight excluding hydrogens is 615 g/mol. The Morgan fingerprint density at radius 2 is 1.16 bits per heavy atom. The van der Waals surface area contributed by atoms with E-state index in [2.05, 4.69) is 131 Å². The van der Waals surface area contributed by atoms with E-state index in [1.54, 1.807) is 0 Å². The van der Waals surface area contributed by atoms with Crippen LogP contribution in [0.2, 0.25) is 0 Å². The highest BCUT2D eigenvalue weighted by Gasteiger charge is 2.26. The van der Waals surface area contributed by atoms with Gasteiger partial charge in [0.25, 0.3) is 0 Å². The molecule has 0 bridgehead atoms. The van der Waals surface area contributed by atoms with Gasteiger partial charge in [-0.2, -0.15) is 0 Å². The summed E-state index contributed by atoms with van der Waals surface area (Å²) in [5.41, 5.74) is 10.7. The van der Waals surface area contributed by atoms with E-state index in [0.29, 0.717) is 5.89 Å². The largest absolute Gasteiger partial charge is 0.456 e. The third kappa shape index (κ3) is 3.80. The minimum Gasteiger partial charge on any atom is -0.456 e. The van der Waals surface area contributed by atoms with Crippen LogP contribution in [0, 0.1) is 0 Å². The number of aromatic nitrogens is 2. The van der Waals surface area contributed by atoms with Gasteiger partial charge in [-0.1, -0.05) is 91.0 Å². The van der Waals surface area contributed by atoms with Crippen LogP contribution < -0.4 is 4.90 Å². The van der Waals surface area contributed by atoms with E-state index in [1.807, 2.05) is 42.5 Å². The Hall–Kier alpha value is -6.85. The van der Waals surface area contributed by atoms with Gasteiger partial charge in [0.2, 0.25) is 5.89 Å². The second kappa shape index (κ2) is 10.3. The molecule has 0 atom stereocenters. The van der Waals surface area contributed by atoms with E-state index >= 15 is 0 Å². The normalized spacial score (nSPS) is 12.0. The van der Waals surface area contributed by atoms with Crippen LogP contribution in [-0.2, 0) is 0 Å². The molecule has 234 valence electrons. The van der Waals surface area contributed by atoms with Crippen molar-refractivity contribution in [1.29, 1.82) is 0 Å². The minimum atomic E-state index is 0.603. The molecule has 11 aromatic rings. The van der Waals surface area contributed by atoms with Crippen molar-refractivity contribution in [2.24, 2.45) is 0 Å². The Labute approximate surface area is 286 Å². The summed E-state index contributed by atoms with van der Waals surface area (Å²) in [6, 6.07) is 57.1. The van der Waals surface area contributed by atoms with E-state index in [4.69, 9.17) is 13.8 Å². The first-order valence-electron chi connectivity index (χ1n) is 16.8. The van der Waals surface area contributed by atoms with Crippen LogP contribution in [-0.4, -0.2) is 9.55 Å². The lowest BCUT2D eigenvalue weighted by molar-refractivity contribution is 0.623. The van der Waals surface area contributed by atoms with Crippen LogP contribution in [0.4, 0.5) is 17.1 Å². The third-order valence-corrected chi connectivity index (χ3v) is 9.93. The maximum atomic E-state index is 6.65. The lowest BCUT2D eigenvalue weighted by atomic mass is 9.99. The zero-order valence-electron chi connectivity index (χ0n) is 26.7. The highest BCUT2D eigenvalue weighted by molar-refractivity contribution is 6.32. The molecule has 0 spiro atoms. The number of furan rings is 1. The van der Waals surface area contributed by atoms with E-state index in [0.717, 1.165) is 83.2 Å². The number of hydrogen-bond donors (Lipinski definition) is 0. The summed E-state index contributed by atoms with van der Waals surface area (Å²) in [6.45, 7) is 0. The Balaban J connectivity index is 1.25. The fourth-order valence-corrected chi connectivity index (χ4v) is 7.87. The minimum absolute atomic E-state index is 0.603. The molecule has 0 amide bonds. The third-order valence-electron chi connectivity index (χ3n) is 9.93. The van der Waals surface area contributed by atoms with Gasteiger partial charge in [0.15, 0.2) is 5.58 Å². The van der Waals surface area contributed by atoms with Gasteiger partial charge in [0, 0.05) is 55.3 Å². The van der Waals surface area contributed by atoms with Gasteiger partial charge in [-0.3, -0.25) is 0 Å². The molecule has 3 aromatic heterocycles. The second-order valence-electron chi connectivity index (χ2n) is 12.7. The highest BCUT2D eigenvalue weighted by atomic mass is 16.3. The molecule has 0 aliphatic carbocycles. The molecule has 50 heavy (non-hydrogen) atoms. The van der Waals surface area contributed by atoms with Gasteiger partial charge in [0.1, 0.15) is 16.7 Å². The summed E-state index contributed by atoms with van der Waals surface area (Å²) in [6.07, 6.45) is 0. The van der Waals surface area contributed by atoms with Gasteiger partial charge >= 0.3 is 0 Å². The number of rotatable bonds is 5. The molecule has 0 unspecified atom stereocenters. The number of benzene rings is 8. The molecular formula is C45H27N3O2. The van der Waals surface area contributed by atoms with Crippen molar-refractivity contribution in [2.45, 2.75) is 0 Å². The number of hydrogen-bond acceptors (Lipinski definition) is 4. The van der Waals surface area contributed by atoms with Gasteiger partial charge in [-0.25, -0.2) is 4.98 Å². The monoisotopic (exact) mass is 641 g/mol. The average Bonchev–Trinajstić information content (AvgIpc) is 3.89. The molecule has 0 N–H and O–H groups in total. The molecule has 5 heteroatoms. The smallest absolute Gasteiger partial charge is 0.227 e. The molecule has 0 fully saturated rings. The summed E-state index contributed by atoms with van der Waals surface area (Å²) in [7, 11) is 0. The van der Waals surface area contributed by atoms with Gasteiger partial charge in [-0.15, -0.1) is 0 Å². The molecule has 8 aromatic carbocycles. The molecule has 0 saturated carbocycles. The van der Waals surface area contributed by atoms with Crippen molar-refractivity contribution in [3.63, 3.8) is 0 Å². The van der Waals surface area contributed by atoms with Gasteiger partial charge in [0.05, 0.1) is 22.4 Å². The van der Waals surface area contributed by atoms with Crippen LogP contribution in [0.3, 0.4) is 0 Å². The fourth-order valence-electron chi connectivity index (χ4n) is 7.87. The topological polar surface area (TPSA) is 47.3 Å². The van der Waals surface area contributed by atoms with Gasteiger partial charge in [-0.05, 0) is 66.7 Å². The Morgan fingerprint density at radius 3 is 2.00 bits per heavy atom. The van der Waals surface area contributed by atoms with Crippen LogP contribution in [0.1, 0.15) is 0 Å². The van der Waals surface area contributed by atoms with Crippen molar-refractivity contribution in [2.75, 3.05) is 4.90 Å². The fraction of sp³-hybridized carbons (Fsp3) is 0. The second-order valence-corrected chi connectivity index (χ2v) is 12.7. The van der Waals surface area contributed by atoms with Crippen molar-refractivity contribution in [3.8, 4) is 17.1 Å². The standard InChI is InChI=1S/C45H27N3O2/c1-4-14-28(15-5-1)45-46-43-34-26-31(27-39-42(34)41-33(44(43)50-45)21-12-25-38(41)49-39)47(29-16-6-2-7-17-29)36-23-13-24-37-40(36)32-20-10-11-22-35(32)48(37)30-18-8-3-9-19-30/h1-27H. The van der Waals surface area contributed by atoms with Crippen molar-refractivity contribution >= 4 is 82.7 Å². The van der Waals surface area contributed by atoms with Crippen LogP contribution in [0.15, 0.2) is 173 Å². The molecule has 0 aliphatic heterocycles. The van der Waals surface area contributed by atoms with E-state index in [9.17, 15) is 0 Å². The van der Waals surface area contributed by atoms with Crippen molar-refractivity contribution in [3.05, 3.63) is 164 Å². The summed E-state index contributed by atoms with van der Waals surface area (Å²) < 4.78 is 15.6. The lowest BCUT2D eigenvalue weighted by Gasteiger charge is -2.26. The van der Waals surface area contributed by atoms with E-state index < -0.39 is 0 Å². The zero-order valence-corrected chi connectivity index (χ0v) is 26.7. The summed E-state index contributed by atoms with van der Waals surface area (Å²) in [4.78, 5) is 7.50. The molecule has 0 radical (unpaired) electrons. The maximum absolute atomic E-state index is 6.65. The number of para-hydroxylation sites is 3. The number of nitrogens with zero attached hydrogens (tertiary/aromatic N) is 3. The molecule has 5 nitrogen and oxygen atoms in total. The number of anilines is 3. The Kier molecular flexibility index (Phi) is 5.60. The predicted octanol–water partition coefficient (Wildman–Crippen LogP) is 12.6. The average molecular weight is 642 g/mol. The molecule has 0 aliphatic rings. The Morgan fingerprint density at radius 1 is 0.480 bits per heavy atom. The van der Waals surface area contributed by atoms with E-state index in [1.165, 1.54) is 10.8 Å². The van der Waals surface area contributed by atoms with Crippen molar-refractivity contribution in [1.82, 2.24) is 9.55 Å². The first kappa shape index (κ1) is 27.1. The lowest BCUT2D eigenvalue weighted by Crippen LogP contribution is -2.10. The van der Waals surface area contributed by atoms with Crippen LogP contribution in [0.5, 0.6) is 0 Å². The van der Waals surface area contributed by atoms with Gasteiger partial charge < -0.3 is 18.3 Å². The Bertz CT molecular complexity index is 3030. The first-order valence-corrected chi connectivity index (χ1v) is 16.8. The predicted molar refractivity (Wildman–Crippen MR) is 204 cm³/mol. The maximum Gasteiger partial charge on any atom is 0.227 e. The van der Waals surface area contributed by atoms with E-state index in [-0.39, 0.29) is 0 Å². The molecule has 11 rings (SSSR count). The summed E-state index contributed by atoms with van der Waals surface area (Å²) >= 11 is 0. The number of fused-ring (bicyclic) bond motifs is 6. The summed E-state index contributed by atoms with van der Waals surface area (Å²) in [5.74, 6) is 0.603. The molecule has 3 heterocycles. The first-order chi connectivity index (χ1) is 24.8. The zero-order chi connectivity index (χ0) is 32.8. The summed E-state index contributed by atoms with van der Waals surface area (Å²) in [5, 5.41) is 6.48. The van der Waals surface area contributed by atoms with Crippen molar-refractivity contribution < 1.29 is 8.83 Å². The quantitative estimate of drug-likeness (QED) is 0.175. The van der Waals surface area contributed by atoms with Crippen LogP contribution >= 0.6 is 0 Å². The highest BCUT2D eigenvalue weighted by Crippen LogP contribution is 2.49. The number of oxazole rings is 1. The SMILES string of the molecule is c1ccc(-c2nc3c4cc(N(c5ccccc5)c5cccc6c5c5ccccc5n6-c5ccccc5)cc5oc6cccc(c3o2)c6c54)cc1.